The summed E-state index contributed by atoms with van der Waals surface area (Å²) in [6.07, 6.45) is 0. The van der Waals surface area contributed by atoms with E-state index in [1.165, 1.54) is 25.1 Å². The minimum Gasteiger partial charge on any atom is -0.454 e. The lowest BCUT2D eigenvalue weighted by Crippen LogP contribution is -2.28. The summed E-state index contributed by atoms with van der Waals surface area (Å²) in [5, 5.41) is 2.42. The van der Waals surface area contributed by atoms with Crippen LogP contribution in [-0.4, -0.2) is 38.8 Å². The van der Waals surface area contributed by atoms with Crippen LogP contribution >= 0.6 is 0 Å². The van der Waals surface area contributed by atoms with Gasteiger partial charge in [0.15, 0.2) is 6.61 Å². The number of amidine groups is 1. The van der Waals surface area contributed by atoms with Crippen molar-refractivity contribution in [3.8, 4) is 0 Å². The van der Waals surface area contributed by atoms with Gasteiger partial charge in [0.05, 0.1) is 4.90 Å². The van der Waals surface area contributed by atoms with E-state index in [1.807, 2.05) is 0 Å². The molecule has 0 saturated heterocycles. The highest BCUT2D eigenvalue weighted by Crippen LogP contribution is 2.22. The Morgan fingerprint density at radius 3 is 2.69 bits per heavy atom. The van der Waals surface area contributed by atoms with Gasteiger partial charge < -0.3 is 10.1 Å². The summed E-state index contributed by atoms with van der Waals surface area (Å²) in [7, 11) is -3.72. The molecule has 0 aromatic heterocycles. The summed E-state index contributed by atoms with van der Waals surface area (Å²) in [6, 6.07) is 9.37. The fourth-order valence-electron chi connectivity index (χ4n) is 2.60. The molecule has 0 bridgehead atoms. The first-order valence-corrected chi connectivity index (χ1v) is 10.1. The van der Waals surface area contributed by atoms with Crippen LogP contribution in [-0.2, 0) is 24.3 Å². The molecule has 10 heteroatoms. The number of aliphatic imine (C=N–C) groups is 1. The fraction of sp³-hybridized carbons (Fsp3) is 0.211. The van der Waals surface area contributed by atoms with E-state index in [2.05, 4.69) is 15.0 Å². The number of hydrogen-bond acceptors (Lipinski definition) is 6. The van der Waals surface area contributed by atoms with E-state index < -0.39 is 40.4 Å². The van der Waals surface area contributed by atoms with Gasteiger partial charge >= 0.3 is 5.97 Å². The summed E-state index contributed by atoms with van der Waals surface area (Å²) in [5.41, 5.74) is 1.03. The van der Waals surface area contributed by atoms with Gasteiger partial charge in [-0.1, -0.05) is 18.2 Å². The van der Waals surface area contributed by atoms with Gasteiger partial charge in [-0.2, -0.15) is 0 Å². The number of esters is 1. The van der Waals surface area contributed by atoms with Crippen molar-refractivity contribution in [3.63, 3.8) is 0 Å². The second kappa shape index (κ2) is 8.00. The number of carbonyl (C=O) groups excluding carboxylic acids is 2. The maximum atomic E-state index is 13.5. The number of benzene rings is 2. The zero-order valence-electron chi connectivity index (χ0n) is 15.6. The molecule has 2 aromatic rings. The smallest absolute Gasteiger partial charge is 0.331 e. The third kappa shape index (κ3) is 4.60. The SMILES string of the molecule is Cc1ccc(NC(=O)COC(=O)[C@H](C)N=C2NS(=O)(=O)c3ccccc32)cc1F. The Kier molecular flexibility index (Phi) is 5.64. The summed E-state index contributed by atoms with van der Waals surface area (Å²) < 4.78 is 44.8. The van der Waals surface area contributed by atoms with Gasteiger partial charge in [0.25, 0.3) is 15.9 Å². The molecule has 1 aliphatic rings. The average Bonchev–Trinajstić information content (AvgIpc) is 2.93. The number of aryl methyl sites for hydroxylation is 1. The van der Waals surface area contributed by atoms with Gasteiger partial charge in [-0.05, 0) is 43.7 Å². The fourth-order valence-corrected chi connectivity index (χ4v) is 3.84. The first kappa shape index (κ1) is 20.5. The van der Waals surface area contributed by atoms with E-state index in [1.54, 1.807) is 25.1 Å². The number of sulfonamides is 1. The molecule has 1 heterocycles. The molecule has 1 amide bonds. The van der Waals surface area contributed by atoms with Crippen LogP contribution < -0.4 is 10.0 Å². The molecule has 0 saturated carbocycles. The van der Waals surface area contributed by atoms with Crippen LogP contribution in [0.3, 0.4) is 0 Å². The molecular formula is C19H18FN3O5S. The van der Waals surface area contributed by atoms with Crippen molar-refractivity contribution in [2.24, 2.45) is 4.99 Å². The molecule has 0 unspecified atom stereocenters. The van der Waals surface area contributed by atoms with Crippen LogP contribution in [0.25, 0.3) is 0 Å². The van der Waals surface area contributed by atoms with Gasteiger partial charge in [0.2, 0.25) is 0 Å². The van der Waals surface area contributed by atoms with E-state index in [0.717, 1.165) is 6.07 Å². The summed E-state index contributed by atoms with van der Waals surface area (Å²) in [4.78, 5) is 28.1. The second-order valence-electron chi connectivity index (χ2n) is 6.38. The monoisotopic (exact) mass is 419 g/mol. The molecule has 1 atom stereocenters. The van der Waals surface area contributed by atoms with Gasteiger partial charge in [0.1, 0.15) is 17.7 Å². The Morgan fingerprint density at radius 2 is 1.97 bits per heavy atom. The number of ether oxygens (including phenoxy) is 1. The standard InChI is InChI=1S/C19H18FN3O5S/c1-11-7-8-13(9-15(11)20)22-17(24)10-28-19(25)12(2)21-18-14-5-3-4-6-16(14)29(26,27)23-18/h3-9,12H,10H2,1-2H3,(H,21,23)(H,22,24)/t12-/m0/s1. The first-order chi connectivity index (χ1) is 13.7. The number of nitrogens with zero attached hydrogens (tertiary/aromatic N) is 1. The third-order valence-electron chi connectivity index (χ3n) is 4.13. The van der Waals surface area contributed by atoms with Crippen LogP contribution in [0.2, 0.25) is 0 Å². The summed E-state index contributed by atoms with van der Waals surface area (Å²) >= 11 is 0. The lowest BCUT2D eigenvalue weighted by Gasteiger charge is -2.10. The van der Waals surface area contributed by atoms with E-state index in [9.17, 15) is 22.4 Å². The Labute approximate surface area is 166 Å². The topological polar surface area (TPSA) is 114 Å². The van der Waals surface area contributed by atoms with Crippen molar-refractivity contribution >= 4 is 33.4 Å². The molecular weight excluding hydrogens is 401 g/mol. The molecule has 3 rings (SSSR count). The number of anilines is 1. The quantitative estimate of drug-likeness (QED) is 0.717. The van der Waals surface area contributed by atoms with Crippen molar-refractivity contribution in [3.05, 3.63) is 59.4 Å². The second-order valence-corrected chi connectivity index (χ2v) is 8.03. The van der Waals surface area contributed by atoms with Gasteiger partial charge in [-0.15, -0.1) is 0 Å². The van der Waals surface area contributed by atoms with Crippen molar-refractivity contribution in [2.45, 2.75) is 24.8 Å². The highest BCUT2D eigenvalue weighted by molar-refractivity contribution is 7.90. The number of amides is 1. The molecule has 0 fully saturated rings. The average molecular weight is 419 g/mol. The molecule has 8 nitrogen and oxygen atoms in total. The summed E-state index contributed by atoms with van der Waals surface area (Å²) in [6.45, 7) is 2.41. The predicted molar refractivity (Wildman–Crippen MR) is 103 cm³/mol. The van der Waals surface area contributed by atoms with E-state index in [0.29, 0.717) is 11.1 Å². The number of hydrogen-bond donors (Lipinski definition) is 2. The molecule has 0 aliphatic carbocycles. The summed E-state index contributed by atoms with van der Waals surface area (Å²) in [5.74, 6) is -1.90. The molecule has 1 aliphatic heterocycles. The van der Waals surface area contributed by atoms with Crippen LogP contribution in [0, 0.1) is 12.7 Å². The Morgan fingerprint density at radius 1 is 1.24 bits per heavy atom. The minimum atomic E-state index is -3.72. The van der Waals surface area contributed by atoms with Gasteiger partial charge in [-0.3, -0.25) is 14.5 Å². The lowest BCUT2D eigenvalue weighted by atomic mass is 10.2. The van der Waals surface area contributed by atoms with Gasteiger partial charge in [0, 0.05) is 11.3 Å². The molecule has 152 valence electrons. The molecule has 29 heavy (non-hydrogen) atoms. The van der Waals surface area contributed by atoms with Crippen molar-refractivity contribution in [1.29, 1.82) is 0 Å². The van der Waals surface area contributed by atoms with Crippen molar-refractivity contribution < 1.29 is 27.1 Å². The normalized spacial score (nSPS) is 16.6. The highest BCUT2D eigenvalue weighted by Gasteiger charge is 2.31. The van der Waals surface area contributed by atoms with Crippen LogP contribution in [0.4, 0.5) is 10.1 Å². The minimum absolute atomic E-state index is 0.0321. The molecule has 0 radical (unpaired) electrons. The zero-order chi connectivity index (χ0) is 21.2. The van der Waals surface area contributed by atoms with Crippen LogP contribution in [0.1, 0.15) is 18.1 Å². The van der Waals surface area contributed by atoms with Gasteiger partial charge in [-0.25, -0.2) is 17.6 Å². The Hall–Kier alpha value is -3.27. The van der Waals surface area contributed by atoms with Crippen molar-refractivity contribution in [2.75, 3.05) is 11.9 Å². The molecule has 0 spiro atoms. The Balaban J connectivity index is 1.60. The first-order valence-electron chi connectivity index (χ1n) is 8.60. The zero-order valence-corrected chi connectivity index (χ0v) is 16.4. The van der Waals surface area contributed by atoms with Crippen LogP contribution in [0.5, 0.6) is 0 Å². The Bertz CT molecular complexity index is 1110. The number of carbonyl (C=O) groups is 2. The van der Waals surface area contributed by atoms with Crippen molar-refractivity contribution in [1.82, 2.24) is 4.72 Å². The highest BCUT2D eigenvalue weighted by atomic mass is 32.2. The van der Waals surface area contributed by atoms with E-state index >= 15 is 0 Å². The maximum absolute atomic E-state index is 13.5. The molecule has 2 N–H and O–H groups in total. The predicted octanol–water partition coefficient (Wildman–Crippen LogP) is 1.74. The molecule has 2 aromatic carbocycles. The lowest BCUT2D eigenvalue weighted by molar-refractivity contribution is -0.148. The third-order valence-corrected chi connectivity index (χ3v) is 5.52. The van der Waals surface area contributed by atoms with Crippen LogP contribution in [0.15, 0.2) is 52.4 Å². The largest absolute Gasteiger partial charge is 0.454 e. The number of fused-ring (bicyclic) bond motifs is 1. The number of halogens is 1. The van der Waals surface area contributed by atoms with E-state index in [4.69, 9.17) is 4.74 Å². The number of rotatable bonds is 5. The number of nitrogens with one attached hydrogen (secondary N) is 2. The maximum Gasteiger partial charge on any atom is 0.331 e. The van der Waals surface area contributed by atoms with E-state index in [-0.39, 0.29) is 16.4 Å².